The number of benzene rings is 3. The number of aromatic nitrogens is 2. The second-order valence-corrected chi connectivity index (χ2v) is 11.2. The van der Waals surface area contributed by atoms with Gasteiger partial charge in [-0.15, -0.1) is 0 Å². The summed E-state index contributed by atoms with van der Waals surface area (Å²) in [6.45, 7) is 0. The normalized spacial score (nSPS) is 21.8. The van der Waals surface area contributed by atoms with Gasteiger partial charge in [0.05, 0.1) is 27.9 Å². The summed E-state index contributed by atoms with van der Waals surface area (Å²) in [4.78, 5) is 52.3. The van der Waals surface area contributed by atoms with E-state index in [1.54, 1.807) is 12.1 Å². The molecule has 5 aromatic rings. The minimum absolute atomic E-state index is 0.105. The number of aryl methyl sites for hydroxylation is 1. The molecule has 8 rings (SSSR count). The first kappa shape index (κ1) is 24.4. The standard InChI is InChI=1S/C34H24N4O4/c1-36-17-25(21-8-4-6-12-27(21)36)29-30(33(40)35-32(29)39)26-18-37(28-13-7-5-9-22(26)28)20-15-14-19(16-20)31-23-10-2-3-11-24(23)34(41)38(31)42/h2-15,17-20,31H,16H2,1H3/p+1/t19-,20-,31?/m0/s1. The van der Waals surface area contributed by atoms with Crippen LogP contribution >= 0.6 is 0 Å². The fraction of sp³-hybridized carbons (Fsp3) is 0.147. The van der Waals surface area contributed by atoms with Crippen molar-refractivity contribution in [2.45, 2.75) is 18.5 Å². The number of allylic oxidation sites excluding steroid dienone is 1. The largest absolute Gasteiger partial charge is 0.466 e. The molecule has 0 saturated carbocycles. The Morgan fingerprint density at radius 2 is 1.36 bits per heavy atom. The number of carbonyl (C=O) groups excluding carboxylic acids is 3. The van der Waals surface area contributed by atoms with Crippen molar-refractivity contribution in [3.05, 3.63) is 125 Å². The van der Waals surface area contributed by atoms with E-state index in [0.717, 1.165) is 27.4 Å². The summed E-state index contributed by atoms with van der Waals surface area (Å²) >= 11 is 0. The molecule has 3 aromatic carbocycles. The van der Waals surface area contributed by atoms with Crippen LogP contribution in [0.4, 0.5) is 0 Å². The van der Waals surface area contributed by atoms with Gasteiger partial charge in [0, 0.05) is 62.8 Å². The van der Waals surface area contributed by atoms with E-state index in [-0.39, 0.29) is 12.0 Å². The molecule has 8 heteroatoms. The molecule has 1 N–H and O–H groups in total. The lowest BCUT2D eigenvalue weighted by Crippen LogP contribution is -2.22. The minimum Gasteiger partial charge on any atom is -0.350 e. The summed E-state index contributed by atoms with van der Waals surface area (Å²) in [6, 6.07) is 22.2. The van der Waals surface area contributed by atoms with Crippen LogP contribution in [0.15, 0.2) is 97.3 Å². The fourth-order valence-electron chi connectivity index (χ4n) is 7.06. The minimum atomic E-state index is -0.574. The molecule has 4 heterocycles. The highest BCUT2D eigenvalue weighted by molar-refractivity contribution is 6.50. The number of amides is 3. The number of imide groups is 1. The van der Waals surface area contributed by atoms with Crippen molar-refractivity contribution >= 4 is 50.7 Å². The summed E-state index contributed by atoms with van der Waals surface area (Å²) in [6.07, 6.45) is 8.56. The smallest absolute Gasteiger partial charge is 0.350 e. The molecule has 0 radical (unpaired) electrons. The molecule has 3 amide bonds. The van der Waals surface area contributed by atoms with Crippen LogP contribution < -0.4 is 5.32 Å². The van der Waals surface area contributed by atoms with Crippen LogP contribution in [0.2, 0.25) is 0 Å². The number of hydrogen-bond donors (Lipinski definition) is 1. The van der Waals surface area contributed by atoms with Crippen LogP contribution in [0.25, 0.3) is 33.0 Å². The predicted molar refractivity (Wildman–Crippen MR) is 158 cm³/mol. The predicted octanol–water partition coefficient (Wildman–Crippen LogP) is 5.49. The number of rotatable bonds is 4. The van der Waals surface area contributed by atoms with Gasteiger partial charge >= 0.3 is 5.91 Å². The van der Waals surface area contributed by atoms with Gasteiger partial charge in [0.25, 0.3) is 11.8 Å². The highest BCUT2D eigenvalue weighted by Gasteiger charge is 2.51. The maximum absolute atomic E-state index is 13.4. The van der Waals surface area contributed by atoms with Gasteiger partial charge in [0.1, 0.15) is 5.56 Å². The first-order chi connectivity index (χ1) is 20.4. The molecule has 3 aliphatic rings. The van der Waals surface area contributed by atoms with E-state index < -0.39 is 23.8 Å². The zero-order valence-electron chi connectivity index (χ0n) is 22.7. The number of carbonyl (C=O) groups is 3. The lowest BCUT2D eigenvalue weighted by Gasteiger charge is -2.16. The third kappa shape index (κ3) is 3.32. The average molecular weight is 554 g/mol. The molecule has 2 aromatic heterocycles. The highest BCUT2D eigenvalue weighted by atomic mass is 16.3. The summed E-state index contributed by atoms with van der Waals surface area (Å²) in [5.41, 5.74) is 5.22. The molecule has 0 fully saturated rings. The molecule has 2 aliphatic heterocycles. The third-order valence-electron chi connectivity index (χ3n) is 8.93. The maximum atomic E-state index is 13.4. The van der Waals surface area contributed by atoms with Gasteiger partial charge in [0.2, 0.25) is 6.04 Å². The van der Waals surface area contributed by atoms with Crippen LogP contribution in [0.3, 0.4) is 0 Å². The number of nitroso groups, excluding NO2 is 1. The zero-order chi connectivity index (χ0) is 28.7. The molecular weight excluding hydrogens is 528 g/mol. The van der Waals surface area contributed by atoms with Crippen molar-refractivity contribution in [2.75, 3.05) is 0 Å². The molecule has 1 aliphatic carbocycles. The van der Waals surface area contributed by atoms with Crippen molar-refractivity contribution in [1.82, 2.24) is 14.5 Å². The van der Waals surface area contributed by atoms with Crippen molar-refractivity contribution in [3.8, 4) is 0 Å². The number of hydrogen-bond acceptors (Lipinski definition) is 4. The molecule has 42 heavy (non-hydrogen) atoms. The van der Waals surface area contributed by atoms with E-state index in [1.165, 1.54) is 0 Å². The second kappa shape index (κ2) is 8.81. The fourth-order valence-corrected chi connectivity index (χ4v) is 7.06. The first-order valence-corrected chi connectivity index (χ1v) is 13.9. The van der Waals surface area contributed by atoms with E-state index in [9.17, 15) is 19.3 Å². The Labute approximate surface area is 240 Å². The van der Waals surface area contributed by atoms with Crippen molar-refractivity contribution in [2.24, 2.45) is 13.0 Å². The number of nitrogens with zero attached hydrogens (tertiary/aromatic N) is 3. The van der Waals surface area contributed by atoms with Crippen molar-refractivity contribution < 1.29 is 19.1 Å². The molecule has 0 saturated heterocycles. The van der Waals surface area contributed by atoms with Gasteiger partial charge in [-0.3, -0.25) is 14.9 Å². The number of para-hydroxylation sites is 2. The van der Waals surface area contributed by atoms with E-state index in [4.69, 9.17) is 0 Å². The van der Waals surface area contributed by atoms with Crippen LogP contribution in [-0.4, -0.2) is 31.6 Å². The topological polar surface area (TPSA) is 93.2 Å². The number of fused-ring (bicyclic) bond motifs is 3. The summed E-state index contributed by atoms with van der Waals surface area (Å²) in [7, 11) is 1.93. The third-order valence-corrected chi connectivity index (χ3v) is 8.93. The summed E-state index contributed by atoms with van der Waals surface area (Å²) < 4.78 is 4.68. The van der Waals surface area contributed by atoms with Crippen LogP contribution in [0.1, 0.15) is 45.6 Å². The summed E-state index contributed by atoms with van der Waals surface area (Å²) in [5, 5.41) is 4.30. The maximum Gasteiger partial charge on any atom is 0.466 e. The van der Waals surface area contributed by atoms with Crippen molar-refractivity contribution in [1.29, 1.82) is 0 Å². The monoisotopic (exact) mass is 553 g/mol. The second-order valence-electron chi connectivity index (χ2n) is 11.2. The Hall–Kier alpha value is -5.37. The Kier molecular flexibility index (Phi) is 5.13. The van der Waals surface area contributed by atoms with E-state index in [2.05, 4.69) is 16.0 Å². The Bertz CT molecular complexity index is 2110. The van der Waals surface area contributed by atoms with Crippen molar-refractivity contribution in [3.63, 3.8) is 0 Å². The van der Waals surface area contributed by atoms with Crippen LogP contribution in [0.5, 0.6) is 0 Å². The lowest BCUT2D eigenvalue weighted by molar-refractivity contribution is -0.499. The average Bonchev–Trinajstić information content (AvgIpc) is 3.80. The Morgan fingerprint density at radius 1 is 0.738 bits per heavy atom. The molecule has 3 atom stereocenters. The van der Waals surface area contributed by atoms with Gasteiger partial charge in [-0.25, -0.2) is 4.79 Å². The Balaban J connectivity index is 1.24. The zero-order valence-corrected chi connectivity index (χ0v) is 22.7. The van der Waals surface area contributed by atoms with Gasteiger partial charge in [-0.05, 0) is 24.6 Å². The molecule has 0 bridgehead atoms. The first-order valence-electron chi connectivity index (χ1n) is 13.9. The van der Waals surface area contributed by atoms with E-state index in [0.29, 0.717) is 39.0 Å². The SMILES string of the molecule is Cn1cc(C2=C(c3cn([C@H]4C=C[C@H](C5c6ccccc6C(=O)[N+]5=O)C4)c4ccccc34)C(=O)NC2=O)c2ccccc21. The molecule has 8 nitrogen and oxygen atoms in total. The molecule has 0 spiro atoms. The lowest BCUT2D eigenvalue weighted by atomic mass is 9.92. The van der Waals surface area contributed by atoms with Gasteiger partial charge in [-0.2, -0.15) is 0 Å². The van der Waals surface area contributed by atoms with Crippen LogP contribution in [0, 0.1) is 10.8 Å². The highest BCUT2D eigenvalue weighted by Crippen LogP contribution is 2.45. The van der Waals surface area contributed by atoms with Gasteiger partial charge in [0.15, 0.2) is 0 Å². The summed E-state index contributed by atoms with van der Waals surface area (Å²) in [5.74, 6) is -1.49. The quantitative estimate of drug-likeness (QED) is 0.181. The van der Waals surface area contributed by atoms with Gasteiger partial charge < -0.3 is 9.13 Å². The molecular formula is C34H25N4O4+. The van der Waals surface area contributed by atoms with E-state index >= 15 is 0 Å². The Morgan fingerprint density at radius 3 is 2.12 bits per heavy atom. The van der Waals surface area contributed by atoms with Crippen LogP contribution in [-0.2, 0) is 16.6 Å². The van der Waals surface area contributed by atoms with Gasteiger partial charge in [-0.1, -0.05) is 66.7 Å². The number of nitrogens with one attached hydrogen (secondary N) is 1. The molecule has 204 valence electrons. The molecule has 1 unspecified atom stereocenters. The van der Waals surface area contributed by atoms with E-state index in [1.807, 2.05) is 90.7 Å².